The molecule has 73 heavy (non-hydrogen) atoms. The van der Waals surface area contributed by atoms with Gasteiger partial charge in [0.05, 0.1) is 47.7 Å². The second-order valence-corrected chi connectivity index (χ2v) is 18.3. The summed E-state index contributed by atoms with van der Waals surface area (Å²) in [6, 6.07) is 37.5. The largest absolute Gasteiger partial charge is 0.493 e. The zero-order chi connectivity index (χ0) is 52.6. The molecule has 9 nitrogen and oxygen atoms in total. The topological polar surface area (TPSA) is 75.9 Å². The van der Waals surface area contributed by atoms with Crippen molar-refractivity contribution < 1.29 is 32.1 Å². The van der Waals surface area contributed by atoms with Crippen LogP contribution >= 0.6 is 11.6 Å². The van der Waals surface area contributed by atoms with Crippen LogP contribution in [0, 0.1) is 24.5 Å². The van der Waals surface area contributed by atoms with Crippen LogP contribution in [-0.4, -0.2) is 46.7 Å². The number of alkyl halides is 3. The minimum atomic E-state index is -4.89. The zero-order valence-electron chi connectivity index (χ0n) is 41.9. The molecular formula is C60H55ClF3N5O4. The summed E-state index contributed by atoms with van der Waals surface area (Å²) >= 11 is 7.14. The lowest BCUT2D eigenvalue weighted by Crippen LogP contribution is -2.42. The Morgan fingerprint density at radius 3 is 1.62 bits per heavy atom. The molecule has 0 heterocycles. The third-order valence-corrected chi connectivity index (χ3v) is 13.7. The number of anilines is 4. The van der Waals surface area contributed by atoms with E-state index in [0.717, 1.165) is 45.0 Å². The van der Waals surface area contributed by atoms with E-state index in [2.05, 4.69) is 95.7 Å². The molecule has 7 rings (SSSR count). The maximum Gasteiger partial charge on any atom is 0.401 e. The van der Waals surface area contributed by atoms with Crippen LogP contribution in [0.15, 0.2) is 178 Å². The summed E-state index contributed by atoms with van der Waals surface area (Å²) in [5.41, 5.74) is 3.65. The van der Waals surface area contributed by atoms with E-state index in [0.29, 0.717) is 46.4 Å². The molecule has 5 aromatic carbocycles. The van der Waals surface area contributed by atoms with E-state index < -0.39 is 23.7 Å². The molecule has 0 radical (unpaired) electrons. The second kappa shape index (κ2) is 22.5. The number of methoxy groups -OCH3 is 4. The minimum absolute atomic E-state index is 0.0822. The molecule has 0 spiro atoms. The van der Waals surface area contributed by atoms with E-state index in [4.69, 9.17) is 43.7 Å². The Bertz CT molecular complexity index is 3060. The van der Waals surface area contributed by atoms with Gasteiger partial charge in [-0.2, -0.15) is 13.2 Å². The molecule has 0 saturated heterocycles. The van der Waals surface area contributed by atoms with E-state index in [1.807, 2.05) is 48.6 Å². The van der Waals surface area contributed by atoms with Crippen molar-refractivity contribution in [2.24, 2.45) is 0 Å². The number of rotatable bonds is 16. The number of hydrogen-bond acceptors (Lipinski definition) is 7. The predicted octanol–water partition coefficient (Wildman–Crippen LogP) is 15.8. The number of hydrogen-bond donors (Lipinski definition) is 0. The standard InChI is InChI=1S/C60H55ClF3N5O4/c1-38(2)68(47-28-32-53(70-7)55(34-47)72-9)45-24-18-40(19-25-45)49(41-20-26-46(27-21-41)69(39(3)4)48-29-33-54(71-8)56(35-48)73-10)30-22-42-16-17-43(57(42)61)23-31-51-58(67-6)50(52(37-65)66-5)36-59(51,60(62,63)64)44-14-12-11-13-15-44/h11-15,18-35,38-39H,16-17,36H2,1-4,7-10H3/b31-23+,42-22+,52-50-. The first-order chi connectivity index (χ1) is 35.1. The van der Waals surface area contributed by atoms with E-state index >= 15 is 13.2 Å². The molecule has 2 aliphatic rings. The van der Waals surface area contributed by atoms with Crippen LogP contribution in [0.1, 0.15) is 63.6 Å². The highest BCUT2D eigenvalue weighted by Gasteiger charge is 2.61. The first-order valence-electron chi connectivity index (χ1n) is 23.6. The van der Waals surface area contributed by atoms with Gasteiger partial charge < -0.3 is 28.7 Å². The summed E-state index contributed by atoms with van der Waals surface area (Å²) in [5.74, 6) is 2.50. The lowest BCUT2D eigenvalue weighted by Gasteiger charge is -2.35. The summed E-state index contributed by atoms with van der Waals surface area (Å²) in [5, 5.41) is 10.2. The Hall–Kier alpha value is -8.11. The Kier molecular flexibility index (Phi) is 16.3. The fourth-order valence-corrected chi connectivity index (χ4v) is 10.0. The maximum atomic E-state index is 15.6. The Balaban J connectivity index is 1.32. The average Bonchev–Trinajstić information content (AvgIpc) is 3.93. The first kappa shape index (κ1) is 52.7. The number of halogens is 4. The number of allylic oxidation sites excluding steroid dienone is 10. The lowest BCUT2D eigenvalue weighted by atomic mass is 9.73. The quantitative estimate of drug-likeness (QED) is 0.0720. The van der Waals surface area contributed by atoms with Gasteiger partial charge in [-0.15, -0.1) is 0 Å². The number of nitriles is 1. The van der Waals surface area contributed by atoms with Crippen molar-refractivity contribution >= 4 is 39.9 Å². The van der Waals surface area contributed by atoms with Crippen molar-refractivity contribution in [1.82, 2.24) is 0 Å². The average molecular weight is 1000 g/mol. The number of nitrogens with zero attached hydrogens (tertiary/aromatic N) is 5. The molecule has 1 unspecified atom stereocenters. The van der Waals surface area contributed by atoms with Gasteiger partial charge in [0, 0.05) is 52.0 Å². The zero-order valence-corrected chi connectivity index (χ0v) is 42.7. The van der Waals surface area contributed by atoms with Crippen molar-refractivity contribution in [2.45, 2.75) is 70.6 Å². The summed E-state index contributed by atoms with van der Waals surface area (Å²) in [7, 11) is 6.44. The molecule has 0 aliphatic heterocycles. The van der Waals surface area contributed by atoms with Gasteiger partial charge in [0.15, 0.2) is 28.7 Å². The van der Waals surface area contributed by atoms with Crippen molar-refractivity contribution in [3.05, 3.63) is 218 Å². The highest BCUT2D eigenvalue weighted by Crippen LogP contribution is 2.58. The molecule has 372 valence electrons. The lowest BCUT2D eigenvalue weighted by molar-refractivity contribution is -0.176. The second-order valence-electron chi connectivity index (χ2n) is 17.9. The SMILES string of the molecule is [C-]#[N+]C1=C(/C=C/C2=C(Cl)C(=C/C=C(c3ccc(N(c4ccc(OC)c(OC)c4)C(C)C)cc3)c3ccc(N(c4ccc(OC)c(OC)c4)C(C)C)cc3)/CC2)C(c2ccccc2)(C(F)(F)F)C/C1=C(\C#N)[N+]#[C-]. The molecule has 5 aromatic rings. The Morgan fingerprint density at radius 2 is 1.19 bits per heavy atom. The third-order valence-electron chi connectivity index (χ3n) is 13.2. The molecule has 0 saturated carbocycles. The normalized spacial score (nSPS) is 16.9. The van der Waals surface area contributed by atoms with Crippen molar-refractivity contribution in [2.75, 3.05) is 38.2 Å². The molecule has 0 N–H and O–H groups in total. The third kappa shape index (κ3) is 10.5. The molecule has 2 aliphatic carbocycles. The molecule has 1 atom stereocenters. The van der Waals surface area contributed by atoms with Crippen LogP contribution in [0.3, 0.4) is 0 Å². The van der Waals surface area contributed by atoms with Crippen LogP contribution in [0.25, 0.3) is 15.3 Å². The van der Waals surface area contributed by atoms with Crippen molar-refractivity contribution in [3.8, 4) is 29.1 Å². The molecule has 0 aromatic heterocycles. The van der Waals surface area contributed by atoms with E-state index in [-0.39, 0.29) is 34.5 Å². The summed E-state index contributed by atoms with van der Waals surface area (Å²) in [6.45, 7) is 24.1. The van der Waals surface area contributed by atoms with Crippen LogP contribution in [0.4, 0.5) is 35.9 Å². The van der Waals surface area contributed by atoms with Gasteiger partial charge in [0.2, 0.25) is 0 Å². The van der Waals surface area contributed by atoms with Gasteiger partial charge in [-0.1, -0.05) is 90.5 Å². The summed E-state index contributed by atoms with van der Waals surface area (Å²) < 4.78 is 69.2. The van der Waals surface area contributed by atoms with E-state index in [1.54, 1.807) is 46.7 Å². The Labute approximate surface area is 431 Å². The van der Waals surface area contributed by atoms with E-state index in [1.165, 1.54) is 30.3 Å². The molecular weight excluding hydrogens is 947 g/mol. The molecule has 13 heteroatoms. The van der Waals surface area contributed by atoms with Gasteiger partial charge in [0.1, 0.15) is 5.41 Å². The summed E-state index contributed by atoms with van der Waals surface area (Å²) in [6.07, 6.45) is 2.09. The van der Waals surface area contributed by atoms with Gasteiger partial charge in [0.25, 0.3) is 5.70 Å². The molecule has 0 fully saturated rings. The highest BCUT2D eigenvalue weighted by atomic mass is 35.5. The van der Waals surface area contributed by atoms with Gasteiger partial charge >= 0.3 is 6.18 Å². The van der Waals surface area contributed by atoms with Gasteiger partial charge in [-0.3, -0.25) is 0 Å². The monoisotopic (exact) mass is 1000 g/mol. The number of ether oxygens (including phenoxy) is 4. The molecule has 0 amide bonds. The summed E-state index contributed by atoms with van der Waals surface area (Å²) in [4.78, 5) is 11.2. The van der Waals surface area contributed by atoms with Crippen molar-refractivity contribution in [1.29, 1.82) is 5.26 Å². The van der Waals surface area contributed by atoms with Crippen LogP contribution in [-0.2, 0) is 5.41 Å². The predicted molar refractivity (Wildman–Crippen MR) is 285 cm³/mol. The van der Waals surface area contributed by atoms with E-state index in [9.17, 15) is 5.26 Å². The fraction of sp³-hybridized carbons (Fsp3) is 0.250. The molecule has 0 bridgehead atoms. The van der Waals surface area contributed by atoms with Gasteiger partial charge in [-0.05, 0) is 140 Å². The Morgan fingerprint density at radius 1 is 0.699 bits per heavy atom. The van der Waals surface area contributed by atoms with Crippen LogP contribution < -0.4 is 28.7 Å². The van der Waals surface area contributed by atoms with Crippen LogP contribution in [0.2, 0.25) is 0 Å². The maximum absolute atomic E-state index is 15.6. The fourth-order valence-electron chi connectivity index (χ4n) is 9.69. The van der Waals surface area contributed by atoms with Gasteiger partial charge in [-0.25, -0.2) is 15.0 Å². The van der Waals surface area contributed by atoms with Crippen molar-refractivity contribution in [3.63, 3.8) is 0 Å². The number of benzene rings is 5. The smallest absolute Gasteiger partial charge is 0.401 e. The minimum Gasteiger partial charge on any atom is -0.493 e. The van der Waals surface area contributed by atoms with Crippen LogP contribution in [0.5, 0.6) is 23.0 Å². The first-order valence-corrected chi connectivity index (χ1v) is 23.9. The highest BCUT2D eigenvalue weighted by molar-refractivity contribution is 6.33.